The summed E-state index contributed by atoms with van der Waals surface area (Å²) >= 11 is 1.26. The predicted octanol–water partition coefficient (Wildman–Crippen LogP) is 6.00. The topological polar surface area (TPSA) is 55.4 Å². The first kappa shape index (κ1) is 21.5. The minimum absolute atomic E-state index is 0.230. The number of hydrogen-bond donors (Lipinski definition) is 1. The molecule has 1 heterocycles. The van der Waals surface area contributed by atoms with Crippen molar-refractivity contribution in [1.29, 1.82) is 0 Å². The zero-order valence-electron chi connectivity index (χ0n) is 17.0. The molecule has 0 unspecified atom stereocenters. The molecule has 30 heavy (non-hydrogen) atoms. The Bertz CT molecular complexity index is 1120. The summed E-state index contributed by atoms with van der Waals surface area (Å²) in [6, 6.07) is 11.9. The molecule has 2 aromatic carbocycles. The van der Waals surface area contributed by atoms with E-state index in [0.717, 1.165) is 22.3 Å². The average molecular weight is 424 g/mol. The maximum Gasteiger partial charge on any atom is 0.341 e. The highest BCUT2D eigenvalue weighted by molar-refractivity contribution is 7.15. The van der Waals surface area contributed by atoms with Crippen molar-refractivity contribution >= 4 is 34.3 Å². The second-order valence-electron chi connectivity index (χ2n) is 6.77. The van der Waals surface area contributed by atoms with Crippen LogP contribution in [0.4, 0.5) is 9.39 Å². The molecular formula is C24H22FNO3S. The molecule has 0 bridgehead atoms. The van der Waals surface area contributed by atoms with Gasteiger partial charge in [-0.05, 0) is 55.7 Å². The monoisotopic (exact) mass is 423 g/mol. The normalized spacial score (nSPS) is 10.9. The molecule has 4 nitrogen and oxygen atoms in total. The van der Waals surface area contributed by atoms with Crippen LogP contribution < -0.4 is 5.32 Å². The molecule has 0 atom stereocenters. The lowest BCUT2D eigenvalue weighted by atomic mass is 9.97. The van der Waals surface area contributed by atoms with Gasteiger partial charge >= 0.3 is 5.97 Å². The zero-order chi connectivity index (χ0) is 21.7. The highest BCUT2D eigenvalue weighted by Crippen LogP contribution is 2.37. The summed E-state index contributed by atoms with van der Waals surface area (Å²) in [6.45, 7) is 5.96. The number of carbonyl (C=O) groups is 2. The third-order valence-electron chi connectivity index (χ3n) is 4.46. The van der Waals surface area contributed by atoms with Crippen LogP contribution in [-0.2, 0) is 9.53 Å². The minimum atomic E-state index is -0.488. The van der Waals surface area contributed by atoms with Gasteiger partial charge in [0.05, 0.1) is 6.61 Å². The van der Waals surface area contributed by atoms with E-state index in [2.05, 4.69) is 5.32 Å². The van der Waals surface area contributed by atoms with Crippen molar-refractivity contribution in [3.8, 4) is 11.1 Å². The molecular weight excluding hydrogens is 401 g/mol. The summed E-state index contributed by atoms with van der Waals surface area (Å²) < 4.78 is 18.5. The van der Waals surface area contributed by atoms with Gasteiger partial charge in [0.25, 0.3) is 0 Å². The van der Waals surface area contributed by atoms with Gasteiger partial charge in [0.15, 0.2) is 0 Å². The van der Waals surface area contributed by atoms with E-state index in [-0.39, 0.29) is 12.4 Å². The van der Waals surface area contributed by atoms with Gasteiger partial charge in [-0.15, -0.1) is 11.3 Å². The van der Waals surface area contributed by atoms with E-state index in [0.29, 0.717) is 16.1 Å². The first-order valence-corrected chi connectivity index (χ1v) is 10.4. The van der Waals surface area contributed by atoms with E-state index in [1.54, 1.807) is 19.1 Å². The fourth-order valence-electron chi connectivity index (χ4n) is 3.11. The van der Waals surface area contributed by atoms with Crippen LogP contribution in [0.5, 0.6) is 0 Å². The minimum Gasteiger partial charge on any atom is -0.462 e. The van der Waals surface area contributed by atoms with Crippen LogP contribution in [0, 0.1) is 19.7 Å². The molecule has 1 amide bonds. The summed E-state index contributed by atoms with van der Waals surface area (Å²) in [7, 11) is 0. The van der Waals surface area contributed by atoms with E-state index in [1.165, 1.54) is 35.6 Å². The van der Waals surface area contributed by atoms with Gasteiger partial charge in [-0.2, -0.15) is 0 Å². The highest BCUT2D eigenvalue weighted by atomic mass is 32.1. The summed E-state index contributed by atoms with van der Waals surface area (Å²) in [6.07, 6.45) is 2.82. The molecule has 3 aromatic rings. The summed E-state index contributed by atoms with van der Waals surface area (Å²) in [5, 5.41) is 5.01. The fraction of sp³-hybridized carbons (Fsp3) is 0.167. The number of aryl methyl sites for hydroxylation is 2. The molecule has 0 radical (unpaired) electrons. The number of hydrogen-bond acceptors (Lipinski definition) is 4. The number of rotatable bonds is 6. The molecule has 0 aliphatic rings. The molecule has 3 rings (SSSR count). The number of ether oxygens (including phenoxy) is 1. The summed E-state index contributed by atoms with van der Waals surface area (Å²) in [5.41, 5.74) is 4.69. The number of thiophene rings is 1. The fourth-order valence-corrected chi connectivity index (χ4v) is 4.06. The molecule has 0 saturated heterocycles. The zero-order valence-corrected chi connectivity index (χ0v) is 17.8. The van der Waals surface area contributed by atoms with E-state index in [9.17, 15) is 14.0 Å². The third kappa shape index (κ3) is 5.02. The molecule has 0 fully saturated rings. The van der Waals surface area contributed by atoms with Crippen molar-refractivity contribution in [2.24, 2.45) is 0 Å². The number of esters is 1. The number of amides is 1. The quantitative estimate of drug-likeness (QED) is 0.391. The molecule has 0 saturated carbocycles. The van der Waals surface area contributed by atoms with Crippen molar-refractivity contribution in [2.75, 3.05) is 11.9 Å². The van der Waals surface area contributed by atoms with Crippen LogP contribution in [-0.4, -0.2) is 18.5 Å². The van der Waals surface area contributed by atoms with E-state index >= 15 is 0 Å². The Kier molecular flexibility index (Phi) is 6.79. The van der Waals surface area contributed by atoms with Gasteiger partial charge in [-0.1, -0.05) is 35.9 Å². The van der Waals surface area contributed by atoms with Gasteiger partial charge in [-0.25, -0.2) is 9.18 Å². The first-order chi connectivity index (χ1) is 14.4. The number of anilines is 1. The van der Waals surface area contributed by atoms with Crippen molar-refractivity contribution < 1.29 is 18.7 Å². The summed E-state index contributed by atoms with van der Waals surface area (Å²) in [5.74, 6) is -1.28. The molecule has 1 aromatic heterocycles. The Morgan fingerprint density at radius 2 is 1.93 bits per heavy atom. The number of carbonyl (C=O) groups excluding carboxylic acids is 2. The Labute approximate surface area is 179 Å². The Morgan fingerprint density at radius 3 is 2.63 bits per heavy atom. The lowest BCUT2D eigenvalue weighted by molar-refractivity contribution is -0.111. The van der Waals surface area contributed by atoms with Gasteiger partial charge in [0, 0.05) is 17.0 Å². The van der Waals surface area contributed by atoms with Crippen LogP contribution in [0.15, 0.2) is 53.9 Å². The van der Waals surface area contributed by atoms with Gasteiger partial charge in [0.2, 0.25) is 5.91 Å². The smallest absolute Gasteiger partial charge is 0.341 e. The lowest BCUT2D eigenvalue weighted by Gasteiger charge is -2.10. The van der Waals surface area contributed by atoms with Gasteiger partial charge in [-0.3, -0.25) is 4.79 Å². The Morgan fingerprint density at radius 1 is 1.13 bits per heavy atom. The molecule has 154 valence electrons. The van der Waals surface area contributed by atoms with Crippen LogP contribution >= 0.6 is 11.3 Å². The van der Waals surface area contributed by atoms with Crippen LogP contribution in [0.25, 0.3) is 17.2 Å². The number of nitrogens with one attached hydrogen (secondary N) is 1. The van der Waals surface area contributed by atoms with Crippen molar-refractivity contribution in [3.63, 3.8) is 0 Å². The van der Waals surface area contributed by atoms with E-state index in [4.69, 9.17) is 4.74 Å². The van der Waals surface area contributed by atoms with E-state index < -0.39 is 11.9 Å². The van der Waals surface area contributed by atoms with Crippen molar-refractivity contribution in [1.82, 2.24) is 0 Å². The second-order valence-corrected chi connectivity index (χ2v) is 7.65. The first-order valence-electron chi connectivity index (χ1n) is 9.50. The van der Waals surface area contributed by atoms with E-state index in [1.807, 2.05) is 37.4 Å². The molecule has 0 spiro atoms. The summed E-state index contributed by atoms with van der Waals surface area (Å²) in [4.78, 5) is 25.1. The molecule has 0 aliphatic carbocycles. The van der Waals surface area contributed by atoms with Crippen molar-refractivity contribution in [2.45, 2.75) is 20.8 Å². The van der Waals surface area contributed by atoms with Crippen LogP contribution in [0.1, 0.15) is 34.0 Å². The average Bonchev–Trinajstić information content (AvgIpc) is 3.10. The van der Waals surface area contributed by atoms with Crippen LogP contribution in [0.2, 0.25) is 0 Å². The lowest BCUT2D eigenvalue weighted by Crippen LogP contribution is -2.12. The van der Waals surface area contributed by atoms with Crippen LogP contribution in [0.3, 0.4) is 0 Å². The maximum absolute atomic E-state index is 13.3. The molecule has 0 aliphatic heterocycles. The number of benzene rings is 2. The third-order valence-corrected chi connectivity index (χ3v) is 5.35. The Balaban J connectivity index is 1.91. The van der Waals surface area contributed by atoms with Gasteiger partial charge in [0.1, 0.15) is 16.4 Å². The van der Waals surface area contributed by atoms with Gasteiger partial charge < -0.3 is 10.1 Å². The molecule has 6 heteroatoms. The second kappa shape index (κ2) is 9.50. The largest absolute Gasteiger partial charge is 0.462 e. The number of halogens is 1. The molecule has 1 N–H and O–H groups in total. The SMILES string of the molecule is CCOC(=O)c1c(-c2ccc(C)cc2C)csc1NC(=O)/C=C/c1cccc(F)c1. The maximum atomic E-state index is 13.3. The highest BCUT2D eigenvalue weighted by Gasteiger charge is 2.23. The van der Waals surface area contributed by atoms with Crippen molar-refractivity contribution in [3.05, 3.63) is 82.0 Å². The standard InChI is InChI=1S/C24H22FNO3S/c1-4-29-24(28)22-20(19-10-8-15(2)12-16(19)3)14-30-23(22)26-21(27)11-9-17-6-5-7-18(25)13-17/h5-14H,4H2,1-3H3,(H,26,27)/b11-9+. The predicted molar refractivity (Wildman–Crippen MR) is 119 cm³/mol. The Hall–Kier alpha value is -3.25.